The fourth-order valence-corrected chi connectivity index (χ4v) is 3.02. The number of halogens is 1. The summed E-state index contributed by atoms with van der Waals surface area (Å²) in [6.45, 7) is 0. The van der Waals surface area contributed by atoms with Crippen LogP contribution >= 0.6 is 11.6 Å². The normalized spacial score (nSPS) is 10.8. The molecule has 0 atom stereocenters. The molecule has 4 aromatic rings. The largest absolute Gasteiger partial charge is 0.497 e. The predicted molar refractivity (Wildman–Crippen MR) is 104 cm³/mol. The van der Waals surface area contributed by atoms with Gasteiger partial charge in [-0.25, -0.2) is 4.98 Å². The zero-order valence-electron chi connectivity index (χ0n) is 14.0. The van der Waals surface area contributed by atoms with E-state index in [0.29, 0.717) is 27.4 Å². The third kappa shape index (κ3) is 2.85. The summed E-state index contributed by atoms with van der Waals surface area (Å²) in [7, 11) is 1.62. The monoisotopic (exact) mass is 362 g/mol. The van der Waals surface area contributed by atoms with Gasteiger partial charge in [0.2, 0.25) is 0 Å². The first-order chi connectivity index (χ1) is 12.7. The van der Waals surface area contributed by atoms with Gasteiger partial charge in [-0.3, -0.25) is 9.36 Å². The van der Waals surface area contributed by atoms with E-state index in [1.54, 1.807) is 29.9 Å². The molecular weight excluding hydrogens is 348 g/mol. The fraction of sp³-hybridized carbons (Fsp3) is 0.0476. The zero-order valence-corrected chi connectivity index (χ0v) is 14.8. The predicted octanol–water partition coefficient (Wildman–Crippen LogP) is 4.71. The minimum atomic E-state index is -0.122. The average Bonchev–Trinajstić information content (AvgIpc) is 2.69. The number of ether oxygens (including phenoxy) is 1. The Morgan fingerprint density at radius 3 is 2.31 bits per heavy atom. The molecule has 0 aliphatic carbocycles. The van der Waals surface area contributed by atoms with E-state index in [4.69, 9.17) is 21.3 Å². The third-order valence-corrected chi connectivity index (χ3v) is 4.46. The number of benzene rings is 3. The van der Waals surface area contributed by atoms with Gasteiger partial charge < -0.3 is 4.74 Å². The van der Waals surface area contributed by atoms with Crippen molar-refractivity contribution < 1.29 is 4.74 Å². The van der Waals surface area contributed by atoms with Crippen molar-refractivity contribution in [2.24, 2.45) is 0 Å². The Balaban J connectivity index is 2.04. The highest BCUT2D eigenvalue weighted by molar-refractivity contribution is 6.30. The summed E-state index contributed by atoms with van der Waals surface area (Å²) >= 11 is 6.01. The van der Waals surface area contributed by atoms with E-state index in [2.05, 4.69) is 0 Å². The van der Waals surface area contributed by atoms with Gasteiger partial charge >= 0.3 is 0 Å². The van der Waals surface area contributed by atoms with Gasteiger partial charge in [0, 0.05) is 10.6 Å². The maximum atomic E-state index is 13.2. The van der Waals surface area contributed by atoms with Crippen molar-refractivity contribution in [2.45, 2.75) is 0 Å². The molecule has 1 aromatic heterocycles. The number of rotatable bonds is 3. The van der Waals surface area contributed by atoms with Crippen LogP contribution < -0.4 is 10.3 Å². The second-order valence-corrected chi connectivity index (χ2v) is 6.23. The van der Waals surface area contributed by atoms with E-state index in [9.17, 15) is 4.79 Å². The minimum absolute atomic E-state index is 0.122. The van der Waals surface area contributed by atoms with Crippen molar-refractivity contribution in [3.05, 3.63) is 88.2 Å². The Morgan fingerprint density at radius 1 is 0.923 bits per heavy atom. The highest BCUT2D eigenvalue weighted by Crippen LogP contribution is 2.24. The molecule has 3 aromatic carbocycles. The molecule has 0 saturated heterocycles. The summed E-state index contributed by atoms with van der Waals surface area (Å²) in [5.74, 6) is 1.31. The highest BCUT2D eigenvalue weighted by Gasteiger charge is 2.14. The van der Waals surface area contributed by atoms with Crippen LogP contribution in [0.3, 0.4) is 0 Å². The van der Waals surface area contributed by atoms with Crippen LogP contribution in [0.25, 0.3) is 28.0 Å². The number of aromatic nitrogens is 2. The van der Waals surface area contributed by atoms with Crippen molar-refractivity contribution in [2.75, 3.05) is 7.11 Å². The average molecular weight is 363 g/mol. The maximum absolute atomic E-state index is 13.2. The standard InChI is InChI=1S/C21H15ClN2O2/c1-26-17-12-6-14(7-13-17)20-23-19-5-3-2-4-18(19)21(25)24(20)16-10-8-15(22)9-11-16/h2-13H,1H3. The Kier molecular flexibility index (Phi) is 4.19. The minimum Gasteiger partial charge on any atom is -0.497 e. The summed E-state index contributed by atoms with van der Waals surface area (Å²) in [4.78, 5) is 17.9. The molecule has 4 rings (SSSR count). The highest BCUT2D eigenvalue weighted by atomic mass is 35.5. The second kappa shape index (κ2) is 6.65. The molecule has 0 radical (unpaired) electrons. The number of hydrogen-bond donors (Lipinski definition) is 0. The Labute approximate surface area is 155 Å². The third-order valence-electron chi connectivity index (χ3n) is 4.21. The van der Waals surface area contributed by atoms with Crippen molar-refractivity contribution in [3.63, 3.8) is 0 Å². The van der Waals surface area contributed by atoms with Crippen LogP contribution in [0.4, 0.5) is 0 Å². The Bertz CT molecular complexity index is 1130. The quantitative estimate of drug-likeness (QED) is 0.530. The molecule has 0 fully saturated rings. The first kappa shape index (κ1) is 16.4. The van der Waals surface area contributed by atoms with Gasteiger partial charge in [0.15, 0.2) is 0 Å². The summed E-state index contributed by atoms with van der Waals surface area (Å²) < 4.78 is 6.84. The topological polar surface area (TPSA) is 44.1 Å². The summed E-state index contributed by atoms with van der Waals surface area (Å²) in [5.41, 5.74) is 2.07. The molecule has 0 bridgehead atoms. The van der Waals surface area contributed by atoms with Crippen LogP contribution in [0.5, 0.6) is 5.75 Å². The van der Waals surface area contributed by atoms with Gasteiger partial charge in [0.25, 0.3) is 5.56 Å². The van der Waals surface area contributed by atoms with E-state index in [1.807, 2.05) is 54.6 Å². The molecule has 0 spiro atoms. The molecule has 0 saturated carbocycles. The van der Waals surface area contributed by atoms with Crippen LogP contribution in [0.2, 0.25) is 5.02 Å². The zero-order chi connectivity index (χ0) is 18.1. The van der Waals surface area contributed by atoms with Crippen LogP contribution in [0.1, 0.15) is 0 Å². The van der Waals surface area contributed by atoms with E-state index in [0.717, 1.165) is 11.3 Å². The summed E-state index contributed by atoms with van der Waals surface area (Å²) in [6, 6.07) is 22.0. The van der Waals surface area contributed by atoms with Crippen molar-refractivity contribution in [3.8, 4) is 22.8 Å². The second-order valence-electron chi connectivity index (χ2n) is 5.80. The number of fused-ring (bicyclic) bond motifs is 1. The van der Waals surface area contributed by atoms with Gasteiger partial charge in [-0.2, -0.15) is 0 Å². The first-order valence-corrected chi connectivity index (χ1v) is 8.47. The van der Waals surface area contributed by atoms with Crippen molar-refractivity contribution >= 4 is 22.5 Å². The van der Waals surface area contributed by atoms with E-state index in [1.165, 1.54) is 0 Å². The number of nitrogens with zero attached hydrogens (tertiary/aromatic N) is 2. The SMILES string of the molecule is COc1ccc(-c2nc3ccccc3c(=O)n2-c2ccc(Cl)cc2)cc1. The lowest BCUT2D eigenvalue weighted by atomic mass is 10.1. The van der Waals surface area contributed by atoms with Crippen LogP contribution in [-0.4, -0.2) is 16.7 Å². The van der Waals surface area contributed by atoms with Crippen molar-refractivity contribution in [1.82, 2.24) is 9.55 Å². The molecule has 0 aliphatic rings. The molecule has 0 unspecified atom stereocenters. The number of methoxy groups -OCH3 is 1. The van der Waals surface area contributed by atoms with Gasteiger partial charge in [0.1, 0.15) is 11.6 Å². The molecule has 1 heterocycles. The summed E-state index contributed by atoms with van der Waals surface area (Å²) in [5, 5.41) is 1.18. The van der Waals surface area contributed by atoms with Crippen LogP contribution in [-0.2, 0) is 0 Å². The number of hydrogen-bond acceptors (Lipinski definition) is 3. The lowest BCUT2D eigenvalue weighted by Crippen LogP contribution is -2.21. The van der Waals surface area contributed by atoms with Gasteiger partial charge in [0.05, 0.1) is 23.7 Å². The van der Waals surface area contributed by atoms with Crippen LogP contribution in [0, 0.1) is 0 Å². The van der Waals surface area contributed by atoms with Crippen molar-refractivity contribution in [1.29, 1.82) is 0 Å². The molecule has 128 valence electrons. The fourth-order valence-electron chi connectivity index (χ4n) is 2.90. The Morgan fingerprint density at radius 2 is 1.62 bits per heavy atom. The Hall–Kier alpha value is -3.11. The molecule has 4 nitrogen and oxygen atoms in total. The smallest absolute Gasteiger partial charge is 0.266 e. The maximum Gasteiger partial charge on any atom is 0.266 e. The molecule has 0 N–H and O–H groups in total. The molecule has 5 heteroatoms. The van der Waals surface area contributed by atoms with Gasteiger partial charge in [-0.05, 0) is 60.7 Å². The van der Waals surface area contributed by atoms with E-state index < -0.39 is 0 Å². The van der Waals surface area contributed by atoms with E-state index in [-0.39, 0.29) is 5.56 Å². The molecule has 0 amide bonds. The molecular formula is C21H15ClN2O2. The lowest BCUT2D eigenvalue weighted by Gasteiger charge is -2.14. The summed E-state index contributed by atoms with van der Waals surface area (Å²) in [6.07, 6.45) is 0. The number of para-hydroxylation sites is 1. The van der Waals surface area contributed by atoms with Gasteiger partial charge in [-0.1, -0.05) is 23.7 Å². The lowest BCUT2D eigenvalue weighted by molar-refractivity contribution is 0.415. The first-order valence-electron chi connectivity index (χ1n) is 8.09. The molecule has 26 heavy (non-hydrogen) atoms. The van der Waals surface area contributed by atoms with Gasteiger partial charge in [-0.15, -0.1) is 0 Å². The van der Waals surface area contributed by atoms with E-state index >= 15 is 0 Å². The molecule has 0 aliphatic heterocycles. The van der Waals surface area contributed by atoms with Crippen LogP contribution in [0.15, 0.2) is 77.6 Å².